The molecule has 1 aliphatic rings. The SMILES string of the molecule is CCOC(=O)C1=C(c2ccccc2)N=c2s/c(=C\c3cccc(OCc4ccc(C(=O)OCC)cc4)c3)c(=O)n2[C@H]1c1ccc(SC)cc1. The summed E-state index contributed by atoms with van der Waals surface area (Å²) >= 11 is 2.89. The summed E-state index contributed by atoms with van der Waals surface area (Å²) < 4.78 is 18.7. The lowest BCUT2D eigenvalue weighted by atomic mass is 9.93. The first-order chi connectivity index (χ1) is 23.9. The van der Waals surface area contributed by atoms with Gasteiger partial charge in [0.25, 0.3) is 5.56 Å². The number of carbonyl (C=O) groups excluding carboxylic acids is 2. The van der Waals surface area contributed by atoms with Crippen LogP contribution in [0.1, 0.15) is 52.5 Å². The van der Waals surface area contributed by atoms with Gasteiger partial charge in [0.05, 0.1) is 40.6 Å². The molecule has 1 aromatic heterocycles. The summed E-state index contributed by atoms with van der Waals surface area (Å²) in [5, 5.41) is 0. The number of benzene rings is 4. The van der Waals surface area contributed by atoms with E-state index in [1.54, 1.807) is 42.3 Å². The van der Waals surface area contributed by atoms with Gasteiger partial charge in [0.15, 0.2) is 4.80 Å². The Hall–Kier alpha value is -5.19. The Morgan fingerprint density at radius 2 is 1.59 bits per heavy atom. The van der Waals surface area contributed by atoms with Gasteiger partial charge in [-0.15, -0.1) is 11.8 Å². The highest BCUT2D eigenvalue weighted by Crippen LogP contribution is 2.35. The van der Waals surface area contributed by atoms with Crippen molar-refractivity contribution in [3.05, 3.63) is 156 Å². The number of thiazole rings is 1. The molecule has 4 aromatic carbocycles. The molecule has 0 amide bonds. The van der Waals surface area contributed by atoms with Gasteiger partial charge in [-0.2, -0.15) is 0 Å². The van der Waals surface area contributed by atoms with Crippen LogP contribution < -0.4 is 19.6 Å². The zero-order chi connectivity index (χ0) is 34.3. The maximum Gasteiger partial charge on any atom is 0.338 e. The molecule has 49 heavy (non-hydrogen) atoms. The quantitative estimate of drug-likeness (QED) is 0.117. The molecule has 2 heterocycles. The zero-order valence-electron chi connectivity index (χ0n) is 27.3. The van der Waals surface area contributed by atoms with Gasteiger partial charge in [-0.25, -0.2) is 14.6 Å². The van der Waals surface area contributed by atoms with E-state index < -0.39 is 12.0 Å². The van der Waals surface area contributed by atoms with E-state index in [0.29, 0.717) is 45.1 Å². The third-order valence-corrected chi connectivity index (χ3v) is 9.56. The number of esters is 2. The van der Waals surface area contributed by atoms with Crippen LogP contribution in [0.5, 0.6) is 5.75 Å². The van der Waals surface area contributed by atoms with Crippen LogP contribution in [-0.4, -0.2) is 36.0 Å². The van der Waals surface area contributed by atoms with E-state index in [9.17, 15) is 14.4 Å². The lowest BCUT2D eigenvalue weighted by molar-refractivity contribution is -0.138. The average molecular weight is 691 g/mol. The highest BCUT2D eigenvalue weighted by Gasteiger charge is 2.35. The Morgan fingerprint density at radius 1 is 0.878 bits per heavy atom. The third-order valence-electron chi connectivity index (χ3n) is 7.83. The van der Waals surface area contributed by atoms with Crippen molar-refractivity contribution < 1.29 is 23.8 Å². The second-order valence-corrected chi connectivity index (χ2v) is 12.9. The van der Waals surface area contributed by atoms with Crippen LogP contribution in [0.25, 0.3) is 11.8 Å². The summed E-state index contributed by atoms with van der Waals surface area (Å²) in [5.74, 6) is -0.251. The van der Waals surface area contributed by atoms with Crippen molar-refractivity contribution in [3.8, 4) is 5.75 Å². The van der Waals surface area contributed by atoms with Gasteiger partial charge in [0.1, 0.15) is 12.4 Å². The number of fused-ring (bicyclic) bond motifs is 1. The van der Waals surface area contributed by atoms with Gasteiger partial charge in [0.2, 0.25) is 0 Å². The lowest BCUT2D eigenvalue weighted by Crippen LogP contribution is -2.40. The fourth-order valence-corrected chi connectivity index (χ4v) is 6.91. The first kappa shape index (κ1) is 33.7. The number of hydrogen-bond donors (Lipinski definition) is 0. The molecule has 8 nitrogen and oxygen atoms in total. The molecule has 1 aliphatic heterocycles. The number of thioether (sulfide) groups is 1. The molecule has 0 saturated carbocycles. The number of aromatic nitrogens is 1. The Morgan fingerprint density at radius 3 is 2.29 bits per heavy atom. The molecule has 0 saturated heterocycles. The molecular formula is C39H34N2O6S2. The van der Waals surface area contributed by atoms with Crippen molar-refractivity contribution >= 4 is 46.8 Å². The smallest absolute Gasteiger partial charge is 0.338 e. The van der Waals surface area contributed by atoms with Gasteiger partial charge in [-0.3, -0.25) is 9.36 Å². The third kappa shape index (κ3) is 7.45. The first-order valence-corrected chi connectivity index (χ1v) is 17.9. The summed E-state index contributed by atoms with van der Waals surface area (Å²) in [6, 6.07) is 31.2. The molecule has 0 N–H and O–H groups in total. The Balaban J connectivity index is 1.39. The first-order valence-electron chi connectivity index (χ1n) is 15.8. The van der Waals surface area contributed by atoms with Gasteiger partial charge in [-0.1, -0.05) is 78.1 Å². The van der Waals surface area contributed by atoms with Crippen molar-refractivity contribution in [2.24, 2.45) is 4.99 Å². The molecule has 6 rings (SSSR count). The van der Waals surface area contributed by atoms with Crippen LogP contribution in [-0.2, 0) is 20.9 Å². The average Bonchev–Trinajstić information content (AvgIpc) is 3.44. The fraction of sp³-hybridized carbons (Fsp3) is 0.179. The maximum atomic E-state index is 14.2. The van der Waals surface area contributed by atoms with Gasteiger partial charge in [0, 0.05) is 10.5 Å². The predicted octanol–water partition coefficient (Wildman–Crippen LogP) is 6.41. The molecule has 0 bridgehead atoms. The number of nitrogens with zero attached hydrogens (tertiary/aromatic N) is 2. The lowest BCUT2D eigenvalue weighted by Gasteiger charge is -2.26. The van der Waals surface area contributed by atoms with Crippen LogP contribution in [0.3, 0.4) is 0 Å². The zero-order valence-corrected chi connectivity index (χ0v) is 28.9. The van der Waals surface area contributed by atoms with Crippen LogP contribution in [0.2, 0.25) is 0 Å². The summed E-state index contributed by atoms with van der Waals surface area (Å²) in [7, 11) is 0. The normalized spacial score (nSPS) is 14.2. The maximum absolute atomic E-state index is 14.2. The summed E-state index contributed by atoms with van der Waals surface area (Å²) in [5.41, 5.74) is 4.23. The minimum absolute atomic E-state index is 0.185. The van der Waals surface area contributed by atoms with E-state index in [0.717, 1.165) is 27.1 Å². The van der Waals surface area contributed by atoms with Crippen LogP contribution in [0, 0.1) is 0 Å². The second-order valence-electron chi connectivity index (χ2n) is 11.0. The van der Waals surface area contributed by atoms with E-state index in [1.165, 1.54) is 11.3 Å². The summed E-state index contributed by atoms with van der Waals surface area (Å²) in [4.78, 5) is 46.4. The molecule has 0 radical (unpaired) electrons. The molecule has 1 atom stereocenters. The molecule has 10 heteroatoms. The molecule has 0 unspecified atom stereocenters. The number of carbonyl (C=O) groups is 2. The highest BCUT2D eigenvalue weighted by molar-refractivity contribution is 7.98. The minimum atomic E-state index is -0.742. The molecule has 0 fully saturated rings. The Labute approximate surface area is 292 Å². The van der Waals surface area contributed by atoms with Crippen molar-refractivity contribution in [1.29, 1.82) is 0 Å². The van der Waals surface area contributed by atoms with Gasteiger partial charge >= 0.3 is 11.9 Å². The van der Waals surface area contributed by atoms with Crippen molar-refractivity contribution in [1.82, 2.24) is 4.57 Å². The van der Waals surface area contributed by atoms with E-state index in [4.69, 9.17) is 19.2 Å². The van der Waals surface area contributed by atoms with Crippen LogP contribution >= 0.6 is 23.1 Å². The van der Waals surface area contributed by atoms with Crippen LogP contribution in [0.4, 0.5) is 0 Å². The standard InChI is InChI=1S/C39H34N2O6S2/c1-4-45-37(43)29-16-14-25(15-17-29)24-47-30-13-9-10-26(22-30)23-32-36(42)41-35(28-18-20-31(48-3)21-19-28)33(38(44)46-5-2)34(40-39(41)49-32)27-11-7-6-8-12-27/h6-23,35H,4-5,24H2,1-3H3/b32-23-/t35-/m0/s1. The number of rotatable bonds is 11. The second kappa shape index (κ2) is 15.4. The Bertz CT molecular complexity index is 2190. The minimum Gasteiger partial charge on any atom is -0.489 e. The van der Waals surface area contributed by atoms with Gasteiger partial charge in [-0.05, 0) is 79.3 Å². The largest absolute Gasteiger partial charge is 0.489 e. The number of ether oxygens (including phenoxy) is 3. The molecule has 0 spiro atoms. The summed E-state index contributed by atoms with van der Waals surface area (Å²) in [6.07, 6.45) is 3.81. The van der Waals surface area contributed by atoms with Crippen molar-refractivity contribution in [2.75, 3.05) is 19.5 Å². The van der Waals surface area contributed by atoms with Crippen molar-refractivity contribution in [2.45, 2.75) is 31.4 Å². The fourth-order valence-electron chi connectivity index (χ4n) is 5.51. The number of hydrogen-bond acceptors (Lipinski definition) is 9. The summed E-state index contributed by atoms with van der Waals surface area (Å²) in [6.45, 7) is 4.33. The topological polar surface area (TPSA) is 96.2 Å². The van der Waals surface area contributed by atoms with E-state index in [1.807, 2.05) is 103 Å². The predicted molar refractivity (Wildman–Crippen MR) is 192 cm³/mol. The Kier molecular flexibility index (Phi) is 10.6. The van der Waals surface area contributed by atoms with Crippen molar-refractivity contribution in [3.63, 3.8) is 0 Å². The molecule has 5 aromatic rings. The molecular weight excluding hydrogens is 657 g/mol. The van der Waals surface area contributed by atoms with E-state index in [-0.39, 0.29) is 18.1 Å². The van der Waals surface area contributed by atoms with Crippen LogP contribution in [0.15, 0.2) is 123 Å². The highest BCUT2D eigenvalue weighted by atomic mass is 32.2. The molecule has 248 valence electrons. The van der Waals surface area contributed by atoms with E-state index >= 15 is 0 Å². The van der Waals surface area contributed by atoms with Gasteiger partial charge < -0.3 is 14.2 Å². The monoisotopic (exact) mass is 690 g/mol. The van der Waals surface area contributed by atoms with E-state index in [2.05, 4.69) is 0 Å². The molecule has 0 aliphatic carbocycles.